The van der Waals surface area contributed by atoms with Crippen LogP contribution in [-0.2, 0) is 0 Å². The number of non-ortho nitro benzene ring substituents is 1. The van der Waals surface area contributed by atoms with E-state index in [9.17, 15) is 14.9 Å². The molecular formula is C14H17N5O3. The number of nitrogens with two attached hydrogens (primary N) is 1. The number of benzene rings is 1. The molecule has 8 nitrogen and oxygen atoms in total. The molecule has 0 bridgehead atoms. The molecule has 2 aromatic rings. The van der Waals surface area contributed by atoms with E-state index < -0.39 is 4.92 Å². The summed E-state index contributed by atoms with van der Waals surface area (Å²) in [6.45, 7) is 1.16. The molecule has 0 aliphatic rings. The number of nitrogens with zero attached hydrogens (tertiary/aromatic N) is 3. The van der Waals surface area contributed by atoms with Gasteiger partial charge < -0.3 is 11.1 Å². The van der Waals surface area contributed by atoms with Gasteiger partial charge >= 0.3 is 0 Å². The molecule has 0 aliphatic carbocycles. The van der Waals surface area contributed by atoms with Gasteiger partial charge in [0.25, 0.3) is 11.6 Å². The van der Waals surface area contributed by atoms with Gasteiger partial charge in [0, 0.05) is 24.9 Å². The van der Waals surface area contributed by atoms with Gasteiger partial charge in [-0.05, 0) is 37.6 Å². The Morgan fingerprint density at radius 3 is 2.64 bits per heavy atom. The summed E-state index contributed by atoms with van der Waals surface area (Å²) in [6, 6.07) is 7.54. The Balaban J connectivity index is 2.01. The highest BCUT2D eigenvalue weighted by Gasteiger charge is 2.10. The predicted octanol–water partition coefficient (Wildman–Crippen LogP) is 1.25. The molecule has 0 saturated carbocycles. The average molecular weight is 303 g/mol. The third-order valence-corrected chi connectivity index (χ3v) is 3.06. The Hall–Kier alpha value is -2.74. The number of nitrogens with one attached hydrogen (secondary N) is 1. The summed E-state index contributed by atoms with van der Waals surface area (Å²) in [7, 11) is 0. The van der Waals surface area contributed by atoms with Crippen molar-refractivity contribution in [2.75, 3.05) is 13.1 Å². The lowest BCUT2D eigenvalue weighted by Gasteiger charge is -2.02. The number of hydrogen-bond acceptors (Lipinski definition) is 5. The first-order valence-corrected chi connectivity index (χ1v) is 6.90. The van der Waals surface area contributed by atoms with E-state index in [1.165, 1.54) is 16.8 Å². The van der Waals surface area contributed by atoms with Crippen molar-refractivity contribution in [2.45, 2.75) is 12.8 Å². The number of hydrogen-bond donors (Lipinski definition) is 2. The third-order valence-electron chi connectivity index (χ3n) is 3.06. The molecule has 0 atom stereocenters. The molecular weight excluding hydrogens is 286 g/mol. The van der Waals surface area contributed by atoms with Crippen LogP contribution in [0.25, 0.3) is 5.69 Å². The van der Waals surface area contributed by atoms with Crippen LogP contribution < -0.4 is 11.1 Å². The van der Waals surface area contributed by atoms with Crippen LogP contribution in [-0.4, -0.2) is 33.7 Å². The number of nitro groups is 1. The van der Waals surface area contributed by atoms with Gasteiger partial charge in [-0.2, -0.15) is 5.10 Å². The first-order valence-electron chi connectivity index (χ1n) is 6.90. The largest absolute Gasteiger partial charge is 0.351 e. The Morgan fingerprint density at radius 1 is 1.27 bits per heavy atom. The summed E-state index contributed by atoms with van der Waals surface area (Å²) >= 11 is 0. The number of carbonyl (C=O) groups excluding carboxylic acids is 1. The molecule has 0 fully saturated rings. The van der Waals surface area contributed by atoms with Crippen LogP contribution in [0.5, 0.6) is 0 Å². The maximum atomic E-state index is 11.9. The van der Waals surface area contributed by atoms with Crippen LogP contribution in [0.4, 0.5) is 5.69 Å². The van der Waals surface area contributed by atoms with Gasteiger partial charge in [-0.3, -0.25) is 14.9 Å². The van der Waals surface area contributed by atoms with E-state index in [4.69, 9.17) is 5.73 Å². The van der Waals surface area contributed by atoms with Gasteiger partial charge in [0.05, 0.1) is 10.6 Å². The minimum absolute atomic E-state index is 0.00813. The first-order chi connectivity index (χ1) is 10.6. The van der Waals surface area contributed by atoms with Crippen LogP contribution in [0.15, 0.2) is 36.5 Å². The van der Waals surface area contributed by atoms with Crippen LogP contribution in [0.2, 0.25) is 0 Å². The van der Waals surface area contributed by atoms with Gasteiger partial charge in [0.2, 0.25) is 0 Å². The normalized spacial score (nSPS) is 10.4. The Bertz CT molecular complexity index is 651. The fraction of sp³-hybridized carbons (Fsp3) is 0.286. The van der Waals surface area contributed by atoms with E-state index in [2.05, 4.69) is 10.4 Å². The SMILES string of the molecule is NCCCCNC(=O)c1ccn(-c2ccc([N+](=O)[O-])cc2)n1. The van der Waals surface area contributed by atoms with Crippen molar-refractivity contribution in [3.8, 4) is 5.69 Å². The Kier molecular flexibility index (Phi) is 5.21. The summed E-state index contributed by atoms with van der Waals surface area (Å²) in [5.74, 6) is -0.252. The minimum atomic E-state index is -0.465. The van der Waals surface area contributed by atoms with Gasteiger partial charge in [-0.15, -0.1) is 0 Å². The van der Waals surface area contributed by atoms with Crippen LogP contribution >= 0.6 is 0 Å². The van der Waals surface area contributed by atoms with Crippen LogP contribution in [0.3, 0.4) is 0 Å². The molecule has 0 spiro atoms. The van der Waals surface area contributed by atoms with Gasteiger partial charge in [0.1, 0.15) is 0 Å². The second-order valence-corrected chi connectivity index (χ2v) is 4.67. The zero-order valence-corrected chi connectivity index (χ0v) is 11.9. The first kappa shape index (κ1) is 15.6. The van der Waals surface area contributed by atoms with E-state index in [0.29, 0.717) is 24.5 Å². The summed E-state index contributed by atoms with van der Waals surface area (Å²) in [5.41, 5.74) is 6.33. The molecule has 1 aromatic heterocycles. The van der Waals surface area contributed by atoms with Crippen LogP contribution in [0, 0.1) is 10.1 Å². The average Bonchev–Trinajstić information content (AvgIpc) is 3.01. The molecule has 0 saturated heterocycles. The van der Waals surface area contributed by atoms with Crippen molar-refractivity contribution in [1.29, 1.82) is 0 Å². The van der Waals surface area contributed by atoms with Crippen LogP contribution in [0.1, 0.15) is 23.3 Å². The van der Waals surface area contributed by atoms with E-state index >= 15 is 0 Å². The molecule has 116 valence electrons. The quantitative estimate of drug-likeness (QED) is 0.453. The number of rotatable bonds is 7. The molecule has 1 aromatic carbocycles. The van der Waals surface area contributed by atoms with Crippen molar-refractivity contribution >= 4 is 11.6 Å². The van der Waals surface area contributed by atoms with Gasteiger partial charge in [-0.25, -0.2) is 4.68 Å². The molecule has 1 amide bonds. The van der Waals surface area contributed by atoms with Crippen molar-refractivity contribution in [1.82, 2.24) is 15.1 Å². The number of nitro benzene ring substituents is 1. The monoisotopic (exact) mass is 303 g/mol. The highest BCUT2D eigenvalue weighted by molar-refractivity contribution is 5.92. The molecule has 8 heteroatoms. The lowest BCUT2D eigenvalue weighted by atomic mass is 10.3. The minimum Gasteiger partial charge on any atom is -0.351 e. The topological polar surface area (TPSA) is 116 Å². The zero-order chi connectivity index (χ0) is 15.9. The second kappa shape index (κ2) is 7.32. The molecule has 0 radical (unpaired) electrons. The van der Waals surface area contributed by atoms with Gasteiger partial charge in [0.15, 0.2) is 5.69 Å². The lowest BCUT2D eigenvalue weighted by Crippen LogP contribution is -2.25. The number of carbonyl (C=O) groups is 1. The molecule has 2 rings (SSSR count). The summed E-state index contributed by atoms with van der Waals surface area (Å²) in [5, 5.41) is 17.5. The number of aromatic nitrogens is 2. The number of amides is 1. The maximum Gasteiger partial charge on any atom is 0.271 e. The van der Waals surface area contributed by atoms with E-state index in [1.807, 2.05) is 0 Å². The zero-order valence-electron chi connectivity index (χ0n) is 11.9. The lowest BCUT2D eigenvalue weighted by molar-refractivity contribution is -0.384. The van der Waals surface area contributed by atoms with Gasteiger partial charge in [-0.1, -0.05) is 0 Å². The highest BCUT2D eigenvalue weighted by Crippen LogP contribution is 2.14. The molecule has 0 unspecified atom stereocenters. The van der Waals surface area contributed by atoms with Crippen molar-refractivity contribution < 1.29 is 9.72 Å². The fourth-order valence-electron chi connectivity index (χ4n) is 1.88. The van der Waals surface area contributed by atoms with Crippen molar-refractivity contribution in [3.05, 3.63) is 52.3 Å². The predicted molar refractivity (Wildman–Crippen MR) is 80.8 cm³/mol. The fourth-order valence-corrected chi connectivity index (χ4v) is 1.88. The summed E-state index contributed by atoms with van der Waals surface area (Å²) in [6.07, 6.45) is 3.32. The summed E-state index contributed by atoms with van der Waals surface area (Å²) < 4.78 is 1.50. The third kappa shape index (κ3) is 3.89. The molecule has 1 heterocycles. The maximum absolute atomic E-state index is 11.9. The molecule has 0 aliphatic heterocycles. The van der Waals surface area contributed by atoms with E-state index in [1.54, 1.807) is 24.4 Å². The summed E-state index contributed by atoms with van der Waals surface area (Å²) in [4.78, 5) is 22.0. The molecule has 3 N–H and O–H groups in total. The highest BCUT2D eigenvalue weighted by atomic mass is 16.6. The Labute approximate surface area is 127 Å². The van der Waals surface area contributed by atoms with Crippen molar-refractivity contribution in [2.24, 2.45) is 5.73 Å². The second-order valence-electron chi connectivity index (χ2n) is 4.67. The number of unbranched alkanes of at least 4 members (excludes halogenated alkanes) is 1. The standard InChI is InChI=1S/C14H17N5O3/c15-8-1-2-9-16-14(20)13-7-10-18(17-13)11-3-5-12(6-4-11)19(21)22/h3-7,10H,1-2,8-9,15H2,(H,16,20). The van der Waals surface area contributed by atoms with E-state index in [0.717, 1.165) is 12.8 Å². The van der Waals surface area contributed by atoms with Crippen molar-refractivity contribution in [3.63, 3.8) is 0 Å². The Morgan fingerprint density at radius 2 is 2.00 bits per heavy atom. The molecule has 22 heavy (non-hydrogen) atoms. The smallest absolute Gasteiger partial charge is 0.271 e. The van der Waals surface area contributed by atoms with E-state index in [-0.39, 0.29) is 11.6 Å².